The number of nitrogens with zero attached hydrogens (tertiary/aromatic N) is 1. The third kappa shape index (κ3) is 5.72. The molecule has 0 saturated heterocycles. The summed E-state index contributed by atoms with van der Waals surface area (Å²) in [5, 5.41) is 23.6. The molecule has 0 saturated carbocycles. The van der Waals surface area contributed by atoms with Crippen LogP contribution in [-0.2, 0) is 0 Å². The highest BCUT2D eigenvalue weighted by atomic mass is 16.3. The van der Waals surface area contributed by atoms with Crippen molar-refractivity contribution in [3.05, 3.63) is 29.8 Å². The van der Waals surface area contributed by atoms with E-state index in [1.165, 1.54) is 0 Å². The van der Waals surface area contributed by atoms with Crippen LogP contribution in [0.3, 0.4) is 0 Å². The Morgan fingerprint density at radius 1 is 1.50 bits per heavy atom. The number of aliphatic hydroxyl groups is 1. The number of nitriles is 1. The Morgan fingerprint density at radius 3 is 2.80 bits per heavy atom. The highest BCUT2D eigenvalue weighted by molar-refractivity contribution is 5.89. The standard InChI is InChI=1S/C15H21N3O2/c1-11(19)8-15(2,3)10-17-14(20)18-13-6-4-5-12(7-13)9-16/h4-7,11,19H,8,10H2,1-3H3,(H2,17,18,20)/t11-/m1/s1. The number of benzene rings is 1. The molecule has 0 aliphatic heterocycles. The first-order valence-electron chi connectivity index (χ1n) is 6.55. The van der Waals surface area contributed by atoms with Crippen molar-refractivity contribution in [2.75, 3.05) is 11.9 Å². The van der Waals surface area contributed by atoms with Gasteiger partial charge in [-0.2, -0.15) is 5.26 Å². The molecule has 3 N–H and O–H groups in total. The largest absolute Gasteiger partial charge is 0.393 e. The molecule has 1 aromatic carbocycles. The van der Waals surface area contributed by atoms with Gasteiger partial charge in [0, 0.05) is 12.2 Å². The minimum absolute atomic E-state index is 0.181. The Bertz CT molecular complexity index is 504. The van der Waals surface area contributed by atoms with E-state index < -0.39 is 6.10 Å². The summed E-state index contributed by atoms with van der Waals surface area (Å²) in [5.41, 5.74) is 0.895. The summed E-state index contributed by atoms with van der Waals surface area (Å²) in [5.74, 6) is 0. The van der Waals surface area contributed by atoms with Crippen molar-refractivity contribution in [3.8, 4) is 6.07 Å². The fraction of sp³-hybridized carbons (Fsp3) is 0.467. The summed E-state index contributed by atoms with van der Waals surface area (Å²) in [7, 11) is 0. The van der Waals surface area contributed by atoms with Crippen LogP contribution in [0.15, 0.2) is 24.3 Å². The SMILES string of the molecule is C[C@@H](O)CC(C)(C)CNC(=O)Nc1cccc(C#N)c1. The number of carbonyl (C=O) groups excluding carboxylic acids is 1. The van der Waals surface area contributed by atoms with Gasteiger partial charge >= 0.3 is 6.03 Å². The average molecular weight is 275 g/mol. The van der Waals surface area contributed by atoms with Gasteiger partial charge in [0.15, 0.2) is 0 Å². The maximum absolute atomic E-state index is 11.8. The van der Waals surface area contributed by atoms with E-state index in [1.807, 2.05) is 19.9 Å². The highest BCUT2D eigenvalue weighted by Gasteiger charge is 2.21. The molecule has 1 rings (SSSR count). The Morgan fingerprint density at radius 2 is 2.20 bits per heavy atom. The molecule has 0 aliphatic rings. The number of aliphatic hydroxyl groups excluding tert-OH is 1. The second kappa shape index (κ2) is 6.92. The van der Waals surface area contributed by atoms with E-state index in [9.17, 15) is 9.90 Å². The van der Waals surface area contributed by atoms with Gasteiger partial charge in [0.2, 0.25) is 0 Å². The van der Waals surface area contributed by atoms with Gasteiger partial charge < -0.3 is 15.7 Å². The lowest BCUT2D eigenvalue weighted by Gasteiger charge is -2.26. The van der Waals surface area contributed by atoms with Crippen molar-refractivity contribution in [2.24, 2.45) is 5.41 Å². The number of hydrogen-bond donors (Lipinski definition) is 3. The summed E-state index contributed by atoms with van der Waals surface area (Å²) in [6, 6.07) is 8.42. The summed E-state index contributed by atoms with van der Waals surface area (Å²) in [4.78, 5) is 11.8. The smallest absolute Gasteiger partial charge is 0.319 e. The first-order chi connectivity index (χ1) is 9.32. The van der Waals surface area contributed by atoms with Crippen LogP contribution in [0.1, 0.15) is 32.8 Å². The van der Waals surface area contributed by atoms with Gasteiger partial charge in [0.25, 0.3) is 0 Å². The molecular formula is C15H21N3O2. The summed E-state index contributed by atoms with van der Waals surface area (Å²) in [6.07, 6.45) is 0.208. The zero-order valence-corrected chi connectivity index (χ0v) is 12.1. The second-order valence-electron chi connectivity index (χ2n) is 5.72. The fourth-order valence-electron chi connectivity index (χ4n) is 2.03. The molecule has 0 bridgehead atoms. The maximum Gasteiger partial charge on any atom is 0.319 e. The number of rotatable bonds is 5. The van der Waals surface area contributed by atoms with E-state index in [4.69, 9.17) is 5.26 Å². The predicted molar refractivity (Wildman–Crippen MR) is 78.3 cm³/mol. The van der Waals surface area contributed by atoms with E-state index in [0.717, 1.165) is 0 Å². The third-order valence-corrected chi connectivity index (χ3v) is 2.83. The van der Waals surface area contributed by atoms with Gasteiger partial charge in [0.05, 0.1) is 17.7 Å². The lowest BCUT2D eigenvalue weighted by atomic mass is 9.87. The van der Waals surface area contributed by atoms with Gasteiger partial charge in [-0.3, -0.25) is 0 Å². The molecule has 0 aliphatic carbocycles. The number of nitrogens with one attached hydrogen (secondary N) is 2. The lowest BCUT2D eigenvalue weighted by Crippen LogP contribution is -2.38. The van der Waals surface area contributed by atoms with Crippen molar-refractivity contribution in [1.82, 2.24) is 5.32 Å². The highest BCUT2D eigenvalue weighted by Crippen LogP contribution is 2.21. The zero-order valence-electron chi connectivity index (χ0n) is 12.1. The van der Waals surface area contributed by atoms with Gasteiger partial charge in [-0.1, -0.05) is 19.9 Å². The summed E-state index contributed by atoms with van der Waals surface area (Å²) in [6.45, 7) is 6.16. The van der Waals surface area contributed by atoms with Crippen LogP contribution in [0.4, 0.5) is 10.5 Å². The van der Waals surface area contributed by atoms with E-state index in [2.05, 4.69) is 10.6 Å². The second-order valence-corrected chi connectivity index (χ2v) is 5.72. The number of carbonyl (C=O) groups is 1. The molecule has 0 unspecified atom stereocenters. The first kappa shape index (κ1) is 16.0. The van der Waals surface area contributed by atoms with E-state index in [0.29, 0.717) is 24.2 Å². The number of amides is 2. The van der Waals surface area contributed by atoms with E-state index >= 15 is 0 Å². The van der Waals surface area contributed by atoms with E-state index in [-0.39, 0.29) is 11.4 Å². The van der Waals surface area contributed by atoms with Crippen molar-refractivity contribution in [1.29, 1.82) is 5.26 Å². The third-order valence-electron chi connectivity index (χ3n) is 2.83. The van der Waals surface area contributed by atoms with Gasteiger partial charge in [-0.15, -0.1) is 0 Å². The minimum Gasteiger partial charge on any atom is -0.393 e. The van der Waals surface area contributed by atoms with E-state index in [1.54, 1.807) is 31.2 Å². The molecule has 0 aromatic heterocycles. The summed E-state index contributed by atoms with van der Waals surface area (Å²) >= 11 is 0. The molecule has 0 radical (unpaired) electrons. The summed E-state index contributed by atoms with van der Waals surface area (Å²) < 4.78 is 0. The Balaban J connectivity index is 2.50. The molecule has 108 valence electrons. The van der Waals surface area contributed by atoms with Crippen LogP contribution in [0.2, 0.25) is 0 Å². The van der Waals surface area contributed by atoms with Crippen molar-refractivity contribution in [2.45, 2.75) is 33.3 Å². The monoisotopic (exact) mass is 275 g/mol. The zero-order chi connectivity index (χ0) is 15.2. The van der Waals surface area contributed by atoms with Gasteiger partial charge in [-0.25, -0.2) is 4.79 Å². The Kier molecular flexibility index (Phi) is 5.53. The number of urea groups is 1. The Labute approximate surface area is 119 Å². The van der Waals surface area contributed by atoms with Crippen LogP contribution >= 0.6 is 0 Å². The van der Waals surface area contributed by atoms with Crippen LogP contribution in [0, 0.1) is 16.7 Å². The van der Waals surface area contributed by atoms with Gasteiger partial charge in [-0.05, 0) is 37.0 Å². The number of hydrogen-bond acceptors (Lipinski definition) is 3. The molecule has 2 amide bonds. The minimum atomic E-state index is -0.401. The molecule has 1 aromatic rings. The molecule has 5 nitrogen and oxygen atoms in total. The van der Waals surface area contributed by atoms with Crippen LogP contribution in [0.25, 0.3) is 0 Å². The topological polar surface area (TPSA) is 85.2 Å². The normalized spacial score (nSPS) is 12.3. The van der Waals surface area contributed by atoms with Gasteiger partial charge in [0.1, 0.15) is 0 Å². The first-order valence-corrected chi connectivity index (χ1v) is 6.55. The molecule has 0 spiro atoms. The average Bonchev–Trinajstić information content (AvgIpc) is 2.35. The van der Waals surface area contributed by atoms with Crippen LogP contribution in [-0.4, -0.2) is 23.8 Å². The quantitative estimate of drug-likeness (QED) is 0.771. The Hall–Kier alpha value is -2.06. The molecule has 0 fully saturated rings. The fourth-order valence-corrected chi connectivity index (χ4v) is 2.03. The molecule has 5 heteroatoms. The maximum atomic E-state index is 11.8. The van der Waals surface area contributed by atoms with Crippen LogP contribution < -0.4 is 10.6 Å². The lowest BCUT2D eigenvalue weighted by molar-refractivity contribution is 0.129. The molecule has 20 heavy (non-hydrogen) atoms. The van der Waals surface area contributed by atoms with Crippen molar-refractivity contribution >= 4 is 11.7 Å². The molecule has 0 heterocycles. The van der Waals surface area contributed by atoms with Crippen LogP contribution in [0.5, 0.6) is 0 Å². The predicted octanol–water partition coefficient (Wildman–Crippen LogP) is 2.48. The van der Waals surface area contributed by atoms with Crippen molar-refractivity contribution < 1.29 is 9.90 Å². The van der Waals surface area contributed by atoms with Crippen molar-refractivity contribution in [3.63, 3.8) is 0 Å². The number of anilines is 1. The molecular weight excluding hydrogens is 254 g/mol. The molecule has 1 atom stereocenters.